The van der Waals surface area contributed by atoms with Crippen molar-refractivity contribution in [2.75, 3.05) is 0 Å². The highest BCUT2D eigenvalue weighted by atomic mass is 31.2. The second-order valence-corrected chi connectivity index (χ2v) is 15.5. The SMILES string of the molecule is C[C@@H](O)[C@H]1C(=O)N(C(C(=O)OCc2ccc([N+](=O)[O-])cc2)=P(c2ccccc2)(c2ccccc2)c2ccccc2)[C@@H]1CC(=O)c1cccc(O)c1. The fourth-order valence-electron chi connectivity index (χ4n) is 6.65. The summed E-state index contributed by atoms with van der Waals surface area (Å²) in [4.78, 5) is 55.2. The first-order valence-corrected chi connectivity index (χ1v) is 18.1. The van der Waals surface area contributed by atoms with Crippen LogP contribution in [-0.4, -0.2) is 55.3 Å². The number of rotatable bonds is 12. The molecule has 11 heteroatoms. The molecule has 1 saturated heterocycles. The number of non-ortho nitro benzene ring substituents is 1. The number of likely N-dealkylation sites (tertiary alicyclic amines) is 1. The third-order valence-corrected chi connectivity index (χ3v) is 13.3. The van der Waals surface area contributed by atoms with E-state index in [4.69, 9.17) is 4.74 Å². The van der Waals surface area contributed by atoms with Crippen LogP contribution in [0, 0.1) is 16.0 Å². The van der Waals surface area contributed by atoms with Gasteiger partial charge in [-0.2, -0.15) is 0 Å². The van der Waals surface area contributed by atoms with Crippen LogP contribution in [0.2, 0.25) is 0 Å². The molecule has 1 fully saturated rings. The predicted octanol–water partition coefficient (Wildman–Crippen LogP) is 4.95. The highest BCUT2D eigenvalue weighted by Gasteiger charge is 2.55. The summed E-state index contributed by atoms with van der Waals surface area (Å²) < 4.78 is 6.02. The Morgan fingerprint density at radius 1 is 0.824 bits per heavy atom. The summed E-state index contributed by atoms with van der Waals surface area (Å²) in [6, 6.07) is 38.7. The second kappa shape index (κ2) is 15.0. The Morgan fingerprint density at radius 2 is 1.35 bits per heavy atom. The molecule has 6 rings (SSSR count). The molecule has 0 saturated carbocycles. The fourth-order valence-corrected chi connectivity index (χ4v) is 11.0. The Kier molecular flexibility index (Phi) is 10.3. The highest BCUT2D eigenvalue weighted by molar-refractivity contribution is 7.96. The second-order valence-electron chi connectivity index (χ2n) is 12.2. The van der Waals surface area contributed by atoms with Crippen LogP contribution in [0.5, 0.6) is 5.75 Å². The van der Waals surface area contributed by atoms with Gasteiger partial charge in [-0.1, -0.05) is 103 Å². The molecule has 258 valence electrons. The third-order valence-electron chi connectivity index (χ3n) is 9.03. The molecule has 51 heavy (non-hydrogen) atoms. The van der Waals surface area contributed by atoms with Crippen molar-refractivity contribution in [2.45, 2.75) is 32.1 Å². The van der Waals surface area contributed by atoms with Crippen molar-refractivity contribution in [3.8, 4) is 5.75 Å². The van der Waals surface area contributed by atoms with Crippen molar-refractivity contribution in [1.82, 2.24) is 4.90 Å². The minimum absolute atomic E-state index is 0.0311. The summed E-state index contributed by atoms with van der Waals surface area (Å²) in [6.07, 6.45) is -1.39. The van der Waals surface area contributed by atoms with Gasteiger partial charge in [0.05, 0.1) is 23.0 Å². The Balaban J connectivity index is 1.61. The van der Waals surface area contributed by atoms with Gasteiger partial charge in [-0.25, -0.2) is 4.79 Å². The maximum atomic E-state index is 14.9. The van der Waals surface area contributed by atoms with E-state index in [0.29, 0.717) is 5.56 Å². The number of phenols is 1. The van der Waals surface area contributed by atoms with Crippen LogP contribution in [0.3, 0.4) is 0 Å². The number of ether oxygens (including phenoxy) is 1. The van der Waals surface area contributed by atoms with Crippen LogP contribution in [0.1, 0.15) is 29.3 Å². The number of benzene rings is 5. The molecule has 1 amide bonds. The van der Waals surface area contributed by atoms with E-state index in [2.05, 4.69) is 0 Å². The molecular formula is C40H35N2O8P. The molecule has 0 aliphatic carbocycles. The Morgan fingerprint density at radius 3 is 1.82 bits per heavy atom. The minimum Gasteiger partial charge on any atom is -0.508 e. The maximum Gasteiger partial charge on any atom is 0.356 e. The summed E-state index contributed by atoms with van der Waals surface area (Å²) in [5.41, 5.74) is 0.623. The molecular weight excluding hydrogens is 667 g/mol. The van der Waals surface area contributed by atoms with Crippen molar-refractivity contribution in [3.63, 3.8) is 0 Å². The fraction of sp³-hybridized carbons (Fsp3) is 0.150. The van der Waals surface area contributed by atoms with Gasteiger partial charge in [0.1, 0.15) is 17.8 Å². The lowest BCUT2D eigenvalue weighted by Gasteiger charge is -2.50. The number of aliphatic hydroxyl groups excluding tert-OH is 1. The summed E-state index contributed by atoms with van der Waals surface area (Å²) in [5, 5.41) is 34.5. The Bertz CT molecular complexity index is 2020. The van der Waals surface area contributed by atoms with Gasteiger partial charge in [-0.05, 0) is 52.7 Å². The number of aromatic hydroxyl groups is 1. The van der Waals surface area contributed by atoms with Gasteiger partial charge in [-0.3, -0.25) is 19.7 Å². The van der Waals surface area contributed by atoms with Crippen molar-refractivity contribution >= 4 is 51.6 Å². The van der Waals surface area contributed by atoms with Crippen LogP contribution in [0.15, 0.2) is 140 Å². The predicted molar refractivity (Wildman–Crippen MR) is 196 cm³/mol. The minimum atomic E-state index is -3.31. The van der Waals surface area contributed by atoms with Gasteiger partial charge in [0.2, 0.25) is 5.91 Å². The molecule has 3 atom stereocenters. The lowest BCUT2D eigenvalue weighted by molar-refractivity contribution is -0.384. The number of esters is 1. The largest absolute Gasteiger partial charge is 0.508 e. The number of β-lactam (4-membered cyclic amide) rings is 1. The lowest BCUT2D eigenvalue weighted by Crippen LogP contribution is -2.68. The van der Waals surface area contributed by atoms with E-state index in [1.54, 1.807) is 12.1 Å². The number of amides is 1. The van der Waals surface area contributed by atoms with Crippen molar-refractivity contribution in [3.05, 3.63) is 161 Å². The molecule has 0 unspecified atom stereocenters. The highest BCUT2D eigenvalue weighted by Crippen LogP contribution is 2.50. The zero-order valence-electron chi connectivity index (χ0n) is 27.6. The number of aliphatic hydroxyl groups is 1. The van der Waals surface area contributed by atoms with Crippen molar-refractivity contribution in [1.29, 1.82) is 0 Å². The Hall–Kier alpha value is -5.83. The van der Waals surface area contributed by atoms with E-state index < -0.39 is 41.7 Å². The van der Waals surface area contributed by atoms with Gasteiger partial charge in [0.15, 0.2) is 5.78 Å². The summed E-state index contributed by atoms with van der Waals surface area (Å²) in [5.74, 6) is -2.84. The van der Waals surface area contributed by atoms with Crippen LogP contribution < -0.4 is 15.9 Å². The molecule has 1 heterocycles. The molecule has 0 radical (unpaired) electrons. The first-order chi connectivity index (χ1) is 24.6. The van der Waals surface area contributed by atoms with Gasteiger partial charge < -0.3 is 19.8 Å². The average molecular weight is 703 g/mol. The molecule has 0 aromatic heterocycles. The van der Waals surface area contributed by atoms with E-state index in [1.165, 1.54) is 48.2 Å². The van der Waals surface area contributed by atoms with Gasteiger partial charge in [0, 0.05) is 31.0 Å². The van der Waals surface area contributed by atoms with E-state index >= 15 is 0 Å². The van der Waals surface area contributed by atoms with Gasteiger partial charge in [-0.15, -0.1) is 0 Å². The molecule has 5 aromatic carbocycles. The number of Topliss-reactive ketones (excluding diaryl/α,β-unsaturated/α-hetero) is 1. The number of hydrogen-bond acceptors (Lipinski definition) is 8. The quantitative estimate of drug-likeness (QED) is 0.0464. The number of nitro benzene ring substituents is 1. The average Bonchev–Trinajstić information content (AvgIpc) is 3.14. The molecule has 2 N–H and O–H groups in total. The molecule has 5 aromatic rings. The molecule has 10 nitrogen and oxygen atoms in total. The monoisotopic (exact) mass is 702 g/mol. The maximum absolute atomic E-state index is 14.9. The topological polar surface area (TPSA) is 147 Å². The van der Waals surface area contributed by atoms with E-state index in [9.17, 15) is 34.7 Å². The van der Waals surface area contributed by atoms with Crippen LogP contribution in [0.25, 0.3) is 0 Å². The number of hydrogen-bond donors (Lipinski definition) is 2. The van der Waals surface area contributed by atoms with E-state index in [-0.39, 0.29) is 41.2 Å². The number of ketones is 1. The molecule has 0 spiro atoms. The zero-order valence-corrected chi connectivity index (χ0v) is 28.5. The lowest BCUT2D eigenvalue weighted by atomic mass is 9.79. The standard InChI is InChI=1S/C40H35N2O8P/c1-27(43)37-35(25-36(45)29-12-11-13-31(44)24-29)41(38(37)46)39(40(47)50-26-28-20-22-30(23-21-28)42(48)49)51(32-14-5-2-6-15-32,33-16-7-3-8-17-33)34-18-9-4-10-19-34/h2-24,27,35,37,43-44H,25-26H2,1H3/t27-,35-,37-/m1/s1. The Labute approximate surface area is 294 Å². The first kappa shape index (κ1) is 35.0. The number of carbonyl (C=O) groups excluding carboxylic acids is 3. The summed E-state index contributed by atoms with van der Waals surface area (Å²) >= 11 is 0. The molecule has 1 aliphatic rings. The van der Waals surface area contributed by atoms with Crippen LogP contribution in [-0.2, 0) is 20.9 Å². The molecule has 1 aliphatic heterocycles. The van der Waals surface area contributed by atoms with Crippen molar-refractivity contribution in [2.24, 2.45) is 5.92 Å². The van der Waals surface area contributed by atoms with Crippen LogP contribution in [0.4, 0.5) is 5.69 Å². The van der Waals surface area contributed by atoms with E-state index in [1.807, 2.05) is 91.0 Å². The zero-order chi connectivity index (χ0) is 36.1. The van der Waals surface area contributed by atoms with Crippen molar-refractivity contribution < 1.29 is 34.3 Å². The molecule has 0 bridgehead atoms. The summed E-state index contributed by atoms with van der Waals surface area (Å²) in [7, 11) is 0. The number of carbonyl (C=O) groups is 3. The number of nitro groups is 1. The first-order valence-electron chi connectivity index (χ1n) is 16.3. The van der Waals surface area contributed by atoms with Gasteiger partial charge in [0.25, 0.3) is 5.69 Å². The normalized spacial score (nSPS) is 16.1. The number of nitrogens with zero attached hydrogens (tertiary/aromatic N) is 2. The third kappa shape index (κ3) is 6.84. The smallest absolute Gasteiger partial charge is 0.356 e. The van der Waals surface area contributed by atoms with Crippen LogP contribution >= 0.6 is 6.89 Å². The van der Waals surface area contributed by atoms with Gasteiger partial charge >= 0.3 is 5.97 Å². The number of phenolic OH excluding ortho intramolecular Hbond substituents is 1. The van der Waals surface area contributed by atoms with E-state index in [0.717, 1.165) is 15.9 Å². The summed E-state index contributed by atoms with van der Waals surface area (Å²) in [6.45, 7) is -2.09.